The molecule has 1 aliphatic rings. The maximum absolute atomic E-state index is 13.1. The fraction of sp³-hybridized carbons (Fsp3) is 0.192. The number of carbonyl (C=O) groups excluding carboxylic acids is 1. The summed E-state index contributed by atoms with van der Waals surface area (Å²) >= 11 is 0. The number of halogens is 4. The van der Waals surface area contributed by atoms with E-state index in [9.17, 15) is 22.4 Å². The first kappa shape index (κ1) is 22.0. The van der Waals surface area contributed by atoms with E-state index in [-0.39, 0.29) is 24.1 Å². The number of Topliss-reactive ketones (excluding diaryl/α,β-unsaturated/α-hetero) is 1. The Bertz CT molecular complexity index is 1130. The van der Waals surface area contributed by atoms with Gasteiger partial charge in [-0.15, -0.1) is 0 Å². The second kappa shape index (κ2) is 9.09. The molecule has 1 aliphatic heterocycles. The Morgan fingerprint density at radius 1 is 0.906 bits per heavy atom. The topological polar surface area (TPSA) is 29.1 Å². The van der Waals surface area contributed by atoms with Crippen LogP contribution in [-0.4, -0.2) is 18.4 Å². The van der Waals surface area contributed by atoms with Crippen LogP contribution in [0.1, 0.15) is 34.3 Å². The summed E-state index contributed by atoms with van der Waals surface area (Å²) in [4.78, 5) is 12.8. The van der Waals surface area contributed by atoms with Crippen molar-refractivity contribution in [2.75, 3.05) is 6.54 Å². The first-order valence-electron chi connectivity index (χ1n) is 10.3. The van der Waals surface area contributed by atoms with Crippen molar-refractivity contribution in [3.63, 3.8) is 0 Å². The van der Waals surface area contributed by atoms with Crippen LogP contribution < -0.4 is 5.32 Å². The number of rotatable bonds is 5. The molecule has 0 amide bonds. The average Bonchev–Trinajstić information content (AvgIpc) is 2.79. The summed E-state index contributed by atoms with van der Waals surface area (Å²) in [6.07, 6.45) is -1.81. The van der Waals surface area contributed by atoms with Gasteiger partial charge in [-0.25, -0.2) is 4.39 Å². The summed E-state index contributed by atoms with van der Waals surface area (Å²) in [5.41, 5.74) is 2.96. The van der Waals surface area contributed by atoms with Gasteiger partial charge in [0.25, 0.3) is 0 Å². The van der Waals surface area contributed by atoms with Crippen molar-refractivity contribution in [1.82, 2.24) is 5.32 Å². The van der Waals surface area contributed by atoms with Crippen LogP contribution in [0.3, 0.4) is 0 Å². The molecule has 1 atom stereocenters. The van der Waals surface area contributed by atoms with Crippen LogP contribution in [0.5, 0.6) is 0 Å². The number of alkyl halides is 3. The molecule has 0 radical (unpaired) electrons. The van der Waals surface area contributed by atoms with Crippen LogP contribution in [0.25, 0.3) is 16.7 Å². The molecule has 3 aromatic rings. The van der Waals surface area contributed by atoms with Gasteiger partial charge in [-0.1, -0.05) is 54.6 Å². The van der Waals surface area contributed by atoms with Crippen LogP contribution in [0.15, 0.2) is 78.9 Å². The van der Waals surface area contributed by atoms with E-state index < -0.39 is 11.7 Å². The van der Waals surface area contributed by atoms with Gasteiger partial charge in [-0.2, -0.15) is 13.2 Å². The van der Waals surface area contributed by atoms with Crippen LogP contribution in [0, 0.1) is 5.82 Å². The highest BCUT2D eigenvalue weighted by molar-refractivity contribution is 5.97. The van der Waals surface area contributed by atoms with Crippen molar-refractivity contribution in [3.05, 3.63) is 101 Å². The van der Waals surface area contributed by atoms with Crippen LogP contribution in [0.4, 0.5) is 17.6 Å². The predicted octanol–water partition coefficient (Wildman–Crippen LogP) is 6.53. The number of hydrogen-bond acceptors (Lipinski definition) is 2. The van der Waals surface area contributed by atoms with E-state index in [0.717, 1.165) is 28.8 Å². The third-order valence-corrected chi connectivity index (χ3v) is 5.60. The first-order valence-corrected chi connectivity index (χ1v) is 10.3. The van der Waals surface area contributed by atoms with Gasteiger partial charge in [0, 0.05) is 24.6 Å². The molecule has 0 aromatic heterocycles. The maximum Gasteiger partial charge on any atom is 0.416 e. The number of hydrogen-bond donors (Lipinski definition) is 1. The molecule has 1 heterocycles. The Morgan fingerprint density at radius 3 is 2.22 bits per heavy atom. The Hall–Kier alpha value is -3.25. The van der Waals surface area contributed by atoms with Gasteiger partial charge >= 0.3 is 6.18 Å². The largest absolute Gasteiger partial charge is 0.416 e. The van der Waals surface area contributed by atoms with Crippen LogP contribution >= 0.6 is 0 Å². The summed E-state index contributed by atoms with van der Waals surface area (Å²) in [5, 5.41) is 3.25. The number of benzene rings is 3. The minimum absolute atomic E-state index is 0.0431. The van der Waals surface area contributed by atoms with Gasteiger partial charge in [0.15, 0.2) is 5.78 Å². The zero-order chi connectivity index (χ0) is 22.7. The Kier molecular flexibility index (Phi) is 6.24. The minimum atomic E-state index is -4.39. The van der Waals surface area contributed by atoms with E-state index >= 15 is 0 Å². The number of nitrogens with one attached hydrogen (secondary N) is 1. The molecule has 0 saturated heterocycles. The van der Waals surface area contributed by atoms with Crippen molar-refractivity contribution in [3.8, 4) is 11.1 Å². The lowest BCUT2D eigenvalue weighted by atomic mass is 9.90. The van der Waals surface area contributed by atoms with E-state index in [0.29, 0.717) is 24.1 Å². The molecule has 32 heavy (non-hydrogen) atoms. The van der Waals surface area contributed by atoms with Crippen LogP contribution in [0.2, 0.25) is 0 Å². The zero-order valence-electron chi connectivity index (χ0n) is 17.1. The Morgan fingerprint density at radius 2 is 1.56 bits per heavy atom. The monoisotopic (exact) mass is 439 g/mol. The second-order valence-electron chi connectivity index (χ2n) is 7.83. The quantitative estimate of drug-likeness (QED) is 0.362. The van der Waals surface area contributed by atoms with Gasteiger partial charge in [0.2, 0.25) is 0 Å². The standard InChI is InChI=1S/C26H21F4NO/c27-23-10-8-18(9-11-23)17-4-6-19(7-5-17)25(32)16-24-15-21(12-13-31-24)20-2-1-3-22(14-20)26(28,29)30/h1-12,14,24,31H,13,15-16H2. The molecule has 1 unspecified atom stereocenters. The molecular formula is C26H21F4NO. The van der Waals surface area contributed by atoms with Gasteiger partial charge in [-0.05, 0) is 52.9 Å². The number of carbonyl (C=O) groups is 1. The molecule has 164 valence electrons. The third kappa shape index (κ3) is 5.14. The lowest BCUT2D eigenvalue weighted by molar-refractivity contribution is -0.137. The first-order chi connectivity index (χ1) is 15.3. The summed E-state index contributed by atoms with van der Waals surface area (Å²) in [5.74, 6) is -0.350. The van der Waals surface area contributed by atoms with Gasteiger partial charge in [0.1, 0.15) is 5.82 Å². The summed E-state index contributed by atoms with van der Waals surface area (Å²) in [7, 11) is 0. The van der Waals surface area contributed by atoms with Gasteiger partial charge in [-0.3, -0.25) is 4.79 Å². The van der Waals surface area contributed by atoms with E-state index in [1.54, 1.807) is 30.3 Å². The van der Waals surface area contributed by atoms with Crippen LogP contribution in [-0.2, 0) is 6.18 Å². The van der Waals surface area contributed by atoms with Crippen molar-refractivity contribution in [2.24, 2.45) is 0 Å². The molecule has 0 fully saturated rings. The van der Waals surface area contributed by atoms with Crippen molar-refractivity contribution in [1.29, 1.82) is 0 Å². The molecular weight excluding hydrogens is 418 g/mol. The molecule has 0 saturated carbocycles. The molecule has 6 heteroatoms. The molecule has 0 bridgehead atoms. The van der Waals surface area contributed by atoms with Crippen molar-refractivity contribution >= 4 is 11.4 Å². The fourth-order valence-corrected chi connectivity index (χ4v) is 3.88. The van der Waals surface area contributed by atoms with E-state index in [1.165, 1.54) is 18.2 Å². The highest BCUT2D eigenvalue weighted by atomic mass is 19.4. The SMILES string of the molecule is O=C(CC1CC(c2cccc(C(F)(F)F)c2)=CCN1)c1ccc(-c2ccc(F)cc2)cc1. The second-order valence-corrected chi connectivity index (χ2v) is 7.83. The highest BCUT2D eigenvalue weighted by Gasteiger charge is 2.31. The normalized spacial score (nSPS) is 16.5. The molecule has 2 nitrogen and oxygen atoms in total. The summed E-state index contributed by atoms with van der Waals surface area (Å²) < 4.78 is 52.2. The Labute approximate surface area is 183 Å². The van der Waals surface area contributed by atoms with Crippen molar-refractivity contribution < 1.29 is 22.4 Å². The van der Waals surface area contributed by atoms with E-state index in [4.69, 9.17) is 0 Å². The zero-order valence-corrected chi connectivity index (χ0v) is 17.1. The summed E-state index contributed by atoms with van der Waals surface area (Å²) in [6.45, 7) is 0.493. The maximum atomic E-state index is 13.1. The highest BCUT2D eigenvalue weighted by Crippen LogP contribution is 2.32. The van der Waals surface area contributed by atoms with Gasteiger partial charge < -0.3 is 5.32 Å². The van der Waals surface area contributed by atoms with E-state index in [2.05, 4.69) is 5.32 Å². The molecule has 4 rings (SSSR count). The molecule has 3 aromatic carbocycles. The predicted molar refractivity (Wildman–Crippen MR) is 117 cm³/mol. The molecule has 0 spiro atoms. The smallest absolute Gasteiger partial charge is 0.310 e. The third-order valence-electron chi connectivity index (χ3n) is 5.60. The van der Waals surface area contributed by atoms with Gasteiger partial charge in [0.05, 0.1) is 5.56 Å². The molecule has 0 aliphatic carbocycles. The summed E-state index contributed by atoms with van der Waals surface area (Å²) in [6, 6.07) is 18.4. The Balaban J connectivity index is 1.42. The van der Waals surface area contributed by atoms with Crippen molar-refractivity contribution in [2.45, 2.75) is 25.1 Å². The number of ketones is 1. The lowest BCUT2D eigenvalue weighted by Gasteiger charge is -2.24. The van der Waals surface area contributed by atoms with E-state index in [1.807, 2.05) is 18.2 Å². The fourth-order valence-electron chi connectivity index (χ4n) is 3.88. The molecule has 1 N–H and O–H groups in total. The lowest BCUT2D eigenvalue weighted by Crippen LogP contribution is -2.34. The minimum Gasteiger partial charge on any atom is -0.310 e. The average molecular weight is 439 g/mol.